The predicted octanol–water partition coefficient (Wildman–Crippen LogP) is 3.77. The molecule has 0 N–H and O–H groups in total. The van der Waals surface area contributed by atoms with Gasteiger partial charge >= 0.3 is 0 Å². The van der Waals surface area contributed by atoms with Crippen molar-refractivity contribution in [3.63, 3.8) is 0 Å². The molecule has 1 aromatic heterocycles. The van der Waals surface area contributed by atoms with Gasteiger partial charge in [0.25, 0.3) is 5.91 Å². The van der Waals surface area contributed by atoms with E-state index >= 15 is 0 Å². The Morgan fingerprint density at radius 3 is 2.71 bits per heavy atom. The fourth-order valence-corrected chi connectivity index (χ4v) is 4.14. The second-order valence-electron chi connectivity index (χ2n) is 8.32. The van der Waals surface area contributed by atoms with Crippen LogP contribution in [0.3, 0.4) is 0 Å². The predicted molar refractivity (Wildman–Crippen MR) is 122 cm³/mol. The molecule has 1 aliphatic rings. The van der Waals surface area contributed by atoms with Gasteiger partial charge in [-0.25, -0.2) is 0 Å². The summed E-state index contributed by atoms with van der Waals surface area (Å²) in [4.78, 5) is 17.8. The minimum absolute atomic E-state index is 0.0451. The largest absolute Gasteiger partial charge is 0.497 e. The molecule has 1 aliphatic heterocycles. The number of nitrogens with zero attached hydrogens (tertiary/aromatic N) is 4. The highest BCUT2D eigenvalue weighted by Crippen LogP contribution is 2.28. The van der Waals surface area contributed by atoms with Crippen LogP contribution in [0.1, 0.15) is 28.8 Å². The van der Waals surface area contributed by atoms with Gasteiger partial charge in [0.05, 0.1) is 19.2 Å². The van der Waals surface area contributed by atoms with Crippen molar-refractivity contribution in [2.75, 3.05) is 34.3 Å². The van der Waals surface area contributed by atoms with E-state index in [0.717, 1.165) is 42.8 Å². The summed E-state index contributed by atoms with van der Waals surface area (Å²) in [5.41, 5.74) is 3.37. The smallest absolute Gasteiger partial charge is 0.257 e. The molecule has 1 amide bonds. The van der Waals surface area contributed by atoms with Crippen LogP contribution in [-0.4, -0.2) is 65.8 Å². The van der Waals surface area contributed by atoms with Gasteiger partial charge in [-0.15, -0.1) is 0 Å². The molecule has 6 nitrogen and oxygen atoms in total. The van der Waals surface area contributed by atoms with Crippen LogP contribution in [-0.2, 0) is 6.54 Å². The first-order valence-corrected chi connectivity index (χ1v) is 10.8. The molecule has 1 saturated heterocycles. The van der Waals surface area contributed by atoms with Gasteiger partial charge in [-0.05, 0) is 44.6 Å². The lowest BCUT2D eigenvalue weighted by molar-refractivity contribution is 0.0635. The van der Waals surface area contributed by atoms with Crippen molar-refractivity contribution in [2.45, 2.75) is 25.4 Å². The van der Waals surface area contributed by atoms with Crippen LogP contribution in [0.2, 0.25) is 0 Å². The molecule has 1 unspecified atom stereocenters. The number of rotatable bonds is 6. The van der Waals surface area contributed by atoms with E-state index in [1.165, 1.54) is 0 Å². The first-order valence-electron chi connectivity index (χ1n) is 10.8. The standard InChI is InChI=1S/C25H30N4O2/c1-27(2)21-12-8-14-28(17-21)25(30)23-18-29(16-19-9-5-4-6-10-19)26-24(23)20-11-7-13-22(15-20)31-3/h4-7,9-11,13,15,18,21H,8,12,14,16-17H2,1-3H3. The summed E-state index contributed by atoms with van der Waals surface area (Å²) in [6.07, 6.45) is 4.03. The first-order chi connectivity index (χ1) is 15.0. The maximum atomic E-state index is 13.6. The molecule has 31 heavy (non-hydrogen) atoms. The Labute approximate surface area is 184 Å². The van der Waals surface area contributed by atoms with E-state index in [1.54, 1.807) is 7.11 Å². The first kappa shape index (κ1) is 21.1. The number of amides is 1. The van der Waals surface area contributed by atoms with Crippen LogP contribution in [0.5, 0.6) is 5.75 Å². The summed E-state index contributed by atoms with van der Waals surface area (Å²) in [5, 5.41) is 4.82. The minimum Gasteiger partial charge on any atom is -0.497 e. The molecule has 6 heteroatoms. The van der Waals surface area contributed by atoms with Crippen molar-refractivity contribution < 1.29 is 9.53 Å². The van der Waals surface area contributed by atoms with E-state index in [1.807, 2.05) is 58.2 Å². The van der Waals surface area contributed by atoms with Crippen LogP contribution < -0.4 is 4.74 Å². The number of ether oxygens (including phenoxy) is 1. The molecule has 3 aromatic rings. The van der Waals surface area contributed by atoms with E-state index in [9.17, 15) is 4.79 Å². The van der Waals surface area contributed by atoms with Gasteiger partial charge in [-0.2, -0.15) is 5.10 Å². The molecule has 1 atom stereocenters. The minimum atomic E-state index is 0.0451. The Morgan fingerprint density at radius 1 is 1.16 bits per heavy atom. The third-order valence-electron chi connectivity index (χ3n) is 5.94. The average Bonchev–Trinajstić information content (AvgIpc) is 3.23. The SMILES string of the molecule is COc1cccc(-c2nn(Cc3ccccc3)cc2C(=O)N2CCCC(N(C)C)C2)c1. The Hall–Kier alpha value is -3.12. The van der Waals surface area contributed by atoms with Crippen LogP contribution in [0.4, 0.5) is 0 Å². The summed E-state index contributed by atoms with van der Waals surface area (Å²) in [6, 6.07) is 18.3. The molecule has 2 heterocycles. The second kappa shape index (κ2) is 9.35. The number of likely N-dealkylation sites (tertiary alicyclic amines) is 1. The number of hydrogen-bond acceptors (Lipinski definition) is 4. The number of hydrogen-bond donors (Lipinski definition) is 0. The molecule has 2 aromatic carbocycles. The molecule has 0 spiro atoms. The van der Waals surface area contributed by atoms with E-state index in [0.29, 0.717) is 23.8 Å². The highest BCUT2D eigenvalue weighted by Gasteiger charge is 2.28. The maximum Gasteiger partial charge on any atom is 0.257 e. The van der Waals surface area contributed by atoms with Crippen LogP contribution in [0.25, 0.3) is 11.3 Å². The highest BCUT2D eigenvalue weighted by atomic mass is 16.5. The van der Waals surface area contributed by atoms with Gasteiger partial charge in [-0.1, -0.05) is 42.5 Å². The second-order valence-corrected chi connectivity index (χ2v) is 8.32. The van der Waals surface area contributed by atoms with Crippen LogP contribution in [0.15, 0.2) is 60.8 Å². The third-order valence-corrected chi connectivity index (χ3v) is 5.94. The molecule has 0 bridgehead atoms. The fraction of sp³-hybridized carbons (Fsp3) is 0.360. The zero-order valence-electron chi connectivity index (χ0n) is 18.5. The molecule has 0 saturated carbocycles. The summed E-state index contributed by atoms with van der Waals surface area (Å²) < 4.78 is 7.27. The molecule has 162 valence electrons. The summed E-state index contributed by atoms with van der Waals surface area (Å²) in [6.45, 7) is 2.14. The lowest BCUT2D eigenvalue weighted by atomic mass is 10.0. The van der Waals surface area contributed by atoms with Crippen LogP contribution >= 0.6 is 0 Å². The van der Waals surface area contributed by atoms with Crippen molar-refractivity contribution in [3.05, 3.63) is 71.9 Å². The lowest BCUT2D eigenvalue weighted by Crippen LogP contribution is -2.47. The van der Waals surface area contributed by atoms with Gasteiger partial charge in [0.1, 0.15) is 11.4 Å². The molecule has 0 radical (unpaired) electrons. The molecule has 1 fully saturated rings. The van der Waals surface area contributed by atoms with Gasteiger partial charge in [0, 0.05) is 30.9 Å². The van der Waals surface area contributed by atoms with Crippen molar-refractivity contribution in [1.29, 1.82) is 0 Å². The van der Waals surface area contributed by atoms with E-state index in [2.05, 4.69) is 31.1 Å². The highest BCUT2D eigenvalue weighted by molar-refractivity contribution is 6.00. The normalized spacial score (nSPS) is 16.5. The number of piperidine rings is 1. The van der Waals surface area contributed by atoms with E-state index in [-0.39, 0.29) is 5.91 Å². The summed E-state index contributed by atoms with van der Waals surface area (Å²) in [5.74, 6) is 0.794. The van der Waals surface area contributed by atoms with E-state index in [4.69, 9.17) is 9.84 Å². The van der Waals surface area contributed by atoms with E-state index < -0.39 is 0 Å². The number of benzene rings is 2. The molecule has 0 aliphatic carbocycles. The number of methoxy groups -OCH3 is 1. The third kappa shape index (κ3) is 4.80. The molecular weight excluding hydrogens is 388 g/mol. The Bertz CT molecular complexity index is 1030. The fourth-order valence-electron chi connectivity index (χ4n) is 4.14. The van der Waals surface area contributed by atoms with Crippen molar-refractivity contribution in [3.8, 4) is 17.0 Å². The van der Waals surface area contributed by atoms with Crippen molar-refractivity contribution in [1.82, 2.24) is 19.6 Å². The summed E-state index contributed by atoms with van der Waals surface area (Å²) >= 11 is 0. The number of carbonyl (C=O) groups excluding carboxylic acids is 1. The van der Waals surface area contributed by atoms with Gasteiger partial charge in [0.15, 0.2) is 0 Å². The number of aromatic nitrogens is 2. The van der Waals surface area contributed by atoms with Gasteiger partial charge in [0.2, 0.25) is 0 Å². The Morgan fingerprint density at radius 2 is 1.97 bits per heavy atom. The Kier molecular flexibility index (Phi) is 6.37. The lowest BCUT2D eigenvalue weighted by Gasteiger charge is -2.36. The molecule has 4 rings (SSSR count). The van der Waals surface area contributed by atoms with Crippen molar-refractivity contribution in [2.24, 2.45) is 0 Å². The quantitative estimate of drug-likeness (QED) is 0.611. The van der Waals surface area contributed by atoms with Crippen LogP contribution in [0, 0.1) is 0 Å². The van der Waals surface area contributed by atoms with Gasteiger partial charge in [-0.3, -0.25) is 9.48 Å². The zero-order valence-corrected chi connectivity index (χ0v) is 18.5. The zero-order chi connectivity index (χ0) is 21.8. The monoisotopic (exact) mass is 418 g/mol. The van der Waals surface area contributed by atoms with Gasteiger partial charge < -0.3 is 14.5 Å². The maximum absolute atomic E-state index is 13.6. The Balaban J connectivity index is 1.69. The average molecular weight is 419 g/mol. The number of likely N-dealkylation sites (N-methyl/N-ethyl adjacent to an activating group) is 1. The van der Waals surface area contributed by atoms with Crippen molar-refractivity contribution >= 4 is 5.91 Å². The summed E-state index contributed by atoms with van der Waals surface area (Å²) in [7, 11) is 5.81. The molecular formula is C25H30N4O2. The topological polar surface area (TPSA) is 50.6 Å². The number of carbonyl (C=O) groups is 1.